The first-order chi connectivity index (χ1) is 18.3. The first-order valence-electron chi connectivity index (χ1n) is 12.4. The molecule has 0 bridgehead atoms. The van der Waals surface area contributed by atoms with Crippen molar-refractivity contribution >= 4 is 39.3 Å². The lowest BCUT2D eigenvalue weighted by molar-refractivity contribution is -0.144. The average Bonchev–Trinajstić information content (AvgIpc) is 3.53. The van der Waals surface area contributed by atoms with Crippen molar-refractivity contribution in [1.82, 2.24) is 14.9 Å². The summed E-state index contributed by atoms with van der Waals surface area (Å²) in [7, 11) is -2.80. The van der Waals surface area contributed by atoms with Crippen LogP contribution in [0.5, 0.6) is 0 Å². The van der Waals surface area contributed by atoms with Gasteiger partial charge in [0.15, 0.2) is 5.76 Å². The van der Waals surface area contributed by atoms with Crippen LogP contribution < -0.4 is 10.0 Å². The normalized spacial score (nSPS) is 12.4. The molecule has 12 heteroatoms. The minimum atomic E-state index is -4.13. The second-order valence-electron chi connectivity index (χ2n) is 9.83. The van der Waals surface area contributed by atoms with E-state index in [-0.39, 0.29) is 22.4 Å². The molecule has 39 heavy (non-hydrogen) atoms. The van der Waals surface area contributed by atoms with E-state index in [1.165, 1.54) is 24.3 Å². The summed E-state index contributed by atoms with van der Waals surface area (Å²) in [6.45, 7) is 7.51. The Bertz CT molecular complexity index is 1410. The highest BCUT2D eigenvalue weighted by Crippen LogP contribution is 2.36. The number of nitrogens with zero attached hydrogens (tertiary/aromatic N) is 1. The molecule has 0 saturated heterocycles. The fourth-order valence-corrected chi connectivity index (χ4v) is 7.06. The lowest BCUT2D eigenvalue weighted by Gasteiger charge is -2.31. The molecule has 1 aromatic carbocycles. The summed E-state index contributed by atoms with van der Waals surface area (Å²) in [5.41, 5.74) is 1.70. The SMILES string of the molecule is CNC(=O)NS(=O)(=O)c1sc(CC(C)C)cc1-c1ccc(CN(C(=O)c2ccco2)[C@H](C(=O)O)C(C)C)cc1. The van der Waals surface area contributed by atoms with E-state index >= 15 is 0 Å². The van der Waals surface area contributed by atoms with Gasteiger partial charge in [-0.25, -0.2) is 22.7 Å². The number of urea groups is 1. The summed E-state index contributed by atoms with van der Waals surface area (Å²) < 4.78 is 33.3. The highest BCUT2D eigenvalue weighted by Gasteiger charge is 2.34. The summed E-state index contributed by atoms with van der Waals surface area (Å²) >= 11 is 1.11. The largest absolute Gasteiger partial charge is 0.480 e. The van der Waals surface area contributed by atoms with Crippen molar-refractivity contribution in [2.45, 2.75) is 50.9 Å². The molecule has 3 N–H and O–H groups in total. The van der Waals surface area contributed by atoms with Crippen LogP contribution in [0.4, 0.5) is 4.79 Å². The van der Waals surface area contributed by atoms with Gasteiger partial charge in [0.1, 0.15) is 10.3 Å². The van der Waals surface area contributed by atoms with Crippen molar-refractivity contribution < 1.29 is 32.3 Å². The molecule has 3 aromatic rings. The summed E-state index contributed by atoms with van der Waals surface area (Å²) in [6.07, 6.45) is 2.02. The van der Waals surface area contributed by atoms with E-state index in [9.17, 15) is 27.9 Å². The molecule has 0 spiro atoms. The Morgan fingerprint density at radius 1 is 1.08 bits per heavy atom. The van der Waals surface area contributed by atoms with E-state index in [1.54, 1.807) is 44.2 Å². The molecule has 2 aromatic heterocycles. The Kier molecular flexibility index (Phi) is 9.57. The third-order valence-corrected chi connectivity index (χ3v) is 8.91. The molecule has 3 rings (SSSR count). The zero-order valence-corrected chi connectivity index (χ0v) is 24.1. The molecule has 0 aliphatic carbocycles. The fraction of sp³-hybridized carbons (Fsp3) is 0.370. The van der Waals surface area contributed by atoms with Crippen LogP contribution in [0, 0.1) is 11.8 Å². The van der Waals surface area contributed by atoms with E-state index < -0.39 is 34.0 Å². The standard InChI is InChI=1S/C27H33N3O7S2/c1-16(2)13-20-14-21(26(38-20)39(35,36)29-27(34)28-5)19-10-8-18(9-11-19)15-30(23(17(3)4)25(32)33)24(31)22-7-6-12-37-22/h6-12,14,16-17,23H,13,15H2,1-5H3,(H,32,33)(H2,28,29,34)/t23-/m0/s1. The van der Waals surface area contributed by atoms with Crippen molar-refractivity contribution in [3.05, 3.63) is 64.9 Å². The quantitative estimate of drug-likeness (QED) is 0.303. The average molecular weight is 576 g/mol. The molecule has 3 amide bonds. The van der Waals surface area contributed by atoms with Crippen LogP contribution in [0.25, 0.3) is 11.1 Å². The Labute approximate surface area is 232 Å². The number of amides is 3. The molecule has 0 radical (unpaired) electrons. The Balaban J connectivity index is 1.99. The molecule has 0 unspecified atom stereocenters. The Morgan fingerprint density at radius 2 is 1.74 bits per heavy atom. The number of carbonyl (C=O) groups excluding carboxylic acids is 2. The maximum Gasteiger partial charge on any atom is 0.328 e. The molecule has 0 aliphatic heterocycles. The second-order valence-corrected chi connectivity index (χ2v) is 12.8. The number of nitrogens with one attached hydrogen (secondary N) is 2. The number of sulfonamides is 1. The number of hydrogen-bond acceptors (Lipinski definition) is 7. The Hall–Kier alpha value is -3.64. The predicted octanol–water partition coefficient (Wildman–Crippen LogP) is 4.58. The monoisotopic (exact) mass is 575 g/mol. The Morgan fingerprint density at radius 3 is 2.26 bits per heavy atom. The number of thiophene rings is 1. The van der Waals surface area contributed by atoms with Crippen LogP contribution in [0.2, 0.25) is 0 Å². The van der Waals surface area contributed by atoms with Crippen LogP contribution in [-0.4, -0.2) is 49.4 Å². The first-order valence-corrected chi connectivity index (χ1v) is 14.7. The molecule has 0 aliphatic rings. The van der Waals surface area contributed by atoms with Crippen LogP contribution >= 0.6 is 11.3 Å². The number of furan rings is 1. The third kappa shape index (κ3) is 7.27. The number of carbonyl (C=O) groups is 3. The van der Waals surface area contributed by atoms with Gasteiger partial charge in [0.25, 0.3) is 15.9 Å². The number of carboxylic acid groups (broad SMARTS) is 1. The topological polar surface area (TPSA) is 146 Å². The number of rotatable bonds is 11. The molecule has 1 atom stereocenters. The van der Waals surface area contributed by atoms with E-state index in [1.807, 2.05) is 24.6 Å². The van der Waals surface area contributed by atoms with Gasteiger partial charge in [-0.3, -0.25) is 4.79 Å². The van der Waals surface area contributed by atoms with E-state index in [2.05, 4.69) is 5.32 Å². The van der Waals surface area contributed by atoms with Crippen molar-refractivity contribution in [3.8, 4) is 11.1 Å². The highest BCUT2D eigenvalue weighted by atomic mass is 32.2. The van der Waals surface area contributed by atoms with Crippen LogP contribution in [-0.2, 0) is 27.8 Å². The lowest BCUT2D eigenvalue weighted by atomic mass is 10.0. The summed E-state index contributed by atoms with van der Waals surface area (Å²) in [5, 5.41) is 12.1. The predicted molar refractivity (Wildman–Crippen MR) is 148 cm³/mol. The summed E-state index contributed by atoms with van der Waals surface area (Å²) in [4.78, 5) is 39.2. The highest BCUT2D eigenvalue weighted by molar-refractivity contribution is 7.92. The first kappa shape index (κ1) is 29.9. The lowest BCUT2D eigenvalue weighted by Crippen LogP contribution is -2.47. The zero-order chi connectivity index (χ0) is 28.9. The summed E-state index contributed by atoms with van der Waals surface area (Å²) in [5.74, 6) is -1.72. The molecule has 0 fully saturated rings. The van der Waals surface area contributed by atoms with Crippen LogP contribution in [0.1, 0.15) is 48.7 Å². The van der Waals surface area contributed by atoms with Gasteiger partial charge in [0.2, 0.25) is 0 Å². The maximum atomic E-state index is 13.2. The number of aliphatic carboxylic acids is 1. The maximum absolute atomic E-state index is 13.2. The second kappa shape index (κ2) is 12.5. The van der Waals surface area contributed by atoms with E-state index in [0.717, 1.165) is 16.2 Å². The van der Waals surface area contributed by atoms with Gasteiger partial charge >= 0.3 is 12.0 Å². The molecule has 10 nitrogen and oxygen atoms in total. The van der Waals surface area contributed by atoms with Crippen molar-refractivity contribution in [2.75, 3.05) is 7.05 Å². The smallest absolute Gasteiger partial charge is 0.328 e. The van der Waals surface area contributed by atoms with E-state index in [0.29, 0.717) is 29.0 Å². The molecular formula is C27H33N3O7S2. The minimum absolute atomic E-state index is 0.000574. The van der Waals surface area contributed by atoms with Crippen LogP contribution in [0.3, 0.4) is 0 Å². The molecule has 0 saturated carbocycles. The molecule has 210 valence electrons. The van der Waals surface area contributed by atoms with Gasteiger partial charge in [-0.05, 0) is 47.6 Å². The zero-order valence-electron chi connectivity index (χ0n) is 22.4. The minimum Gasteiger partial charge on any atom is -0.480 e. The van der Waals surface area contributed by atoms with E-state index in [4.69, 9.17) is 4.42 Å². The van der Waals surface area contributed by atoms with Gasteiger partial charge in [0, 0.05) is 24.0 Å². The van der Waals surface area contributed by atoms with Gasteiger partial charge in [0.05, 0.1) is 6.26 Å². The van der Waals surface area contributed by atoms with Gasteiger partial charge < -0.3 is 19.7 Å². The van der Waals surface area contributed by atoms with Gasteiger partial charge in [-0.2, -0.15) is 0 Å². The van der Waals surface area contributed by atoms with Gasteiger partial charge in [-0.15, -0.1) is 11.3 Å². The molecular weight excluding hydrogens is 542 g/mol. The van der Waals surface area contributed by atoms with Crippen molar-refractivity contribution in [1.29, 1.82) is 0 Å². The third-order valence-electron chi connectivity index (χ3n) is 5.89. The molecule has 2 heterocycles. The number of benzene rings is 1. The van der Waals surface area contributed by atoms with Crippen molar-refractivity contribution in [3.63, 3.8) is 0 Å². The van der Waals surface area contributed by atoms with Gasteiger partial charge in [-0.1, -0.05) is 52.0 Å². The number of carboxylic acids is 1. The van der Waals surface area contributed by atoms with Crippen molar-refractivity contribution in [2.24, 2.45) is 11.8 Å². The van der Waals surface area contributed by atoms with Crippen LogP contribution in [0.15, 0.2) is 57.4 Å². The fourth-order valence-electron chi connectivity index (χ4n) is 4.15. The summed E-state index contributed by atoms with van der Waals surface area (Å²) in [6, 6.07) is 9.80. The number of hydrogen-bond donors (Lipinski definition) is 3.